The van der Waals surface area contributed by atoms with Crippen molar-refractivity contribution in [3.8, 4) is 0 Å². The molecule has 5 heteroatoms. The second kappa shape index (κ2) is 9.80. The molecule has 2 N–H and O–H groups in total. The Kier molecular flexibility index (Phi) is 8.77. The van der Waals surface area contributed by atoms with Crippen LogP contribution >= 0.6 is 24.0 Å². The summed E-state index contributed by atoms with van der Waals surface area (Å²) in [7, 11) is 0. The van der Waals surface area contributed by atoms with Crippen molar-refractivity contribution in [3.63, 3.8) is 0 Å². The fourth-order valence-electron chi connectivity index (χ4n) is 2.74. The van der Waals surface area contributed by atoms with Crippen LogP contribution in [0.5, 0.6) is 0 Å². The minimum absolute atomic E-state index is 0. The maximum absolute atomic E-state index is 5.61. The van der Waals surface area contributed by atoms with Gasteiger partial charge >= 0.3 is 0 Å². The maximum Gasteiger partial charge on any atom is 0.191 e. The third-order valence-corrected chi connectivity index (χ3v) is 3.77. The summed E-state index contributed by atoms with van der Waals surface area (Å²) in [4.78, 5) is 4.66. The SMILES string of the molecule is CCNC(=NCC1CCCO1)NC1CCCCC1.I. The molecule has 1 saturated carbocycles. The molecule has 4 nitrogen and oxygen atoms in total. The van der Waals surface area contributed by atoms with E-state index in [-0.39, 0.29) is 24.0 Å². The van der Waals surface area contributed by atoms with Crippen LogP contribution in [-0.4, -0.2) is 37.8 Å². The van der Waals surface area contributed by atoms with Gasteiger partial charge in [0.05, 0.1) is 12.6 Å². The Morgan fingerprint density at radius 3 is 2.58 bits per heavy atom. The number of hydrogen-bond acceptors (Lipinski definition) is 2. The third kappa shape index (κ3) is 6.29. The molecule has 1 atom stereocenters. The molecule has 1 aliphatic heterocycles. The maximum atomic E-state index is 5.61. The molecule has 0 aromatic rings. The van der Waals surface area contributed by atoms with Crippen LogP contribution in [-0.2, 0) is 4.74 Å². The zero-order chi connectivity index (χ0) is 12.6. The van der Waals surface area contributed by atoms with E-state index in [4.69, 9.17) is 4.74 Å². The van der Waals surface area contributed by atoms with Crippen LogP contribution in [0.2, 0.25) is 0 Å². The predicted molar refractivity (Wildman–Crippen MR) is 90.4 cm³/mol. The fraction of sp³-hybridized carbons (Fsp3) is 0.929. The summed E-state index contributed by atoms with van der Waals surface area (Å²) in [6, 6.07) is 0.612. The molecule has 0 spiro atoms. The van der Waals surface area contributed by atoms with Gasteiger partial charge in [0.2, 0.25) is 0 Å². The molecule has 0 aromatic heterocycles. The van der Waals surface area contributed by atoms with Gasteiger partial charge in [-0.05, 0) is 32.6 Å². The molecular formula is C14H28IN3O. The average molecular weight is 381 g/mol. The largest absolute Gasteiger partial charge is 0.376 e. The standard InChI is InChI=1S/C14H27N3O.HI/c1-2-15-14(16-11-13-9-6-10-18-13)17-12-7-4-3-5-8-12;/h12-13H,2-11H2,1H3,(H2,15,16,17);1H. The molecule has 0 bridgehead atoms. The summed E-state index contributed by atoms with van der Waals surface area (Å²) in [6.45, 7) is 4.74. The van der Waals surface area contributed by atoms with Crippen molar-refractivity contribution in [2.45, 2.75) is 64.0 Å². The lowest BCUT2D eigenvalue weighted by Crippen LogP contribution is -2.44. The summed E-state index contributed by atoms with van der Waals surface area (Å²) in [5, 5.41) is 6.90. The molecule has 1 aliphatic carbocycles. The average Bonchev–Trinajstić information content (AvgIpc) is 2.91. The summed E-state index contributed by atoms with van der Waals surface area (Å²) in [5.41, 5.74) is 0. The van der Waals surface area contributed by atoms with Crippen molar-refractivity contribution in [1.29, 1.82) is 0 Å². The number of nitrogens with one attached hydrogen (secondary N) is 2. The highest BCUT2D eigenvalue weighted by Crippen LogP contribution is 2.17. The Hall–Kier alpha value is -0.0400. The van der Waals surface area contributed by atoms with Crippen LogP contribution in [0.4, 0.5) is 0 Å². The highest BCUT2D eigenvalue weighted by atomic mass is 127. The molecule has 0 radical (unpaired) electrons. The molecule has 19 heavy (non-hydrogen) atoms. The summed E-state index contributed by atoms with van der Waals surface area (Å²) in [5.74, 6) is 0.972. The van der Waals surface area contributed by atoms with Gasteiger partial charge in [0.1, 0.15) is 0 Å². The van der Waals surface area contributed by atoms with Gasteiger partial charge in [0.15, 0.2) is 5.96 Å². The van der Waals surface area contributed by atoms with Gasteiger partial charge < -0.3 is 15.4 Å². The van der Waals surface area contributed by atoms with Gasteiger partial charge in [-0.1, -0.05) is 19.3 Å². The van der Waals surface area contributed by atoms with E-state index in [1.807, 2.05) is 0 Å². The van der Waals surface area contributed by atoms with E-state index in [9.17, 15) is 0 Å². The fourth-order valence-corrected chi connectivity index (χ4v) is 2.74. The highest BCUT2D eigenvalue weighted by molar-refractivity contribution is 14.0. The molecule has 0 amide bonds. The topological polar surface area (TPSA) is 45.7 Å². The van der Waals surface area contributed by atoms with Crippen LogP contribution in [0, 0.1) is 0 Å². The molecule has 112 valence electrons. The van der Waals surface area contributed by atoms with Gasteiger partial charge in [-0.15, -0.1) is 24.0 Å². The lowest BCUT2D eigenvalue weighted by Gasteiger charge is -2.25. The Morgan fingerprint density at radius 2 is 1.95 bits per heavy atom. The first-order valence-electron chi connectivity index (χ1n) is 7.55. The van der Waals surface area contributed by atoms with Gasteiger partial charge in [0.25, 0.3) is 0 Å². The zero-order valence-corrected chi connectivity index (χ0v) is 14.3. The van der Waals surface area contributed by atoms with Gasteiger partial charge in [-0.2, -0.15) is 0 Å². The first kappa shape index (κ1) is 17.0. The Morgan fingerprint density at radius 1 is 1.16 bits per heavy atom. The Balaban J connectivity index is 0.00000180. The van der Waals surface area contributed by atoms with Gasteiger partial charge in [0, 0.05) is 19.2 Å². The molecule has 0 aromatic carbocycles. The van der Waals surface area contributed by atoms with E-state index in [0.29, 0.717) is 12.1 Å². The lowest BCUT2D eigenvalue weighted by molar-refractivity contribution is 0.117. The summed E-state index contributed by atoms with van der Waals surface area (Å²) in [6.07, 6.45) is 9.34. The predicted octanol–water partition coefficient (Wildman–Crippen LogP) is 2.67. The molecule has 2 rings (SSSR count). The lowest BCUT2D eigenvalue weighted by atomic mass is 9.96. The Labute approximate surface area is 134 Å². The van der Waals surface area contributed by atoms with E-state index in [2.05, 4.69) is 22.5 Å². The van der Waals surface area contributed by atoms with Crippen molar-refractivity contribution in [2.24, 2.45) is 4.99 Å². The number of halogens is 1. The zero-order valence-electron chi connectivity index (χ0n) is 12.0. The number of ether oxygens (including phenoxy) is 1. The Bertz CT molecular complexity index is 261. The van der Waals surface area contributed by atoms with Crippen molar-refractivity contribution in [1.82, 2.24) is 10.6 Å². The van der Waals surface area contributed by atoms with E-state index < -0.39 is 0 Å². The summed E-state index contributed by atoms with van der Waals surface area (Å²) >= 11 is 0. The molecule has 2 fully saturated rings. The summed E-state index contributed by atoms with van der Waals surface area (Å²) < 4.78 is 5.61. The molecule has 2 aliphatic rings. The van der Waals surface area contributed by atoms with Gasteiger partial charge in [-0.25, -0.2) is 0 Å². The van der Waals surface area contributed by atoms with Crippen molar-refractivity contribution < 1.29 is 4.74 Å². The van der Waals surface area contributed by atoms with Crippen LogP contribution in [0.25, 0.3) is 0 Å². The van der Waals surface area contributed by atoms with Crippen molar-refractivity contribution in [2.75, 3.05) is 19.7 Å². The molecule has 1 unspecified atom stereocenters. The number of guanidine groups is 1. The van der Waals surface area contributed by atoms with Crippen LogP contribution in [0.1, 0.15) is 51.9 Å². The third-order valence-electron chi connectivity index (χ3n) is 3.77. The molecule has 1 heterocycles. The van der Waals surface area contributed by atoms with Crippen molar-refractivity contribution >= 4 is 29.9 Å². The van der Waals surface area contributed by atoms with Crippen molar-refractivity contribution in [3.05, 3.63) is 0 Å². The highest BCUT2D eigenvalue weighted by Gasteiger charge is 2.17. The van der Waals surface area contributed by atoms with E-state index in [1.165, 1.54) is 38.5 Å². The molecule has 1 saturated heterocycles. The number of aliphatic imine (C=N–C) groups is 1. The van der Waals surface area contributed by atoms with Crippen LogP contribution in [0.3, 0.4) is 0 Å². The van der Waals surface area contributed by atoms with E-state index >= 15 is 0 Å². The quantitative estimate of drug-likeness (QED) is 0.447. The first-order valence-corrected chi connectivity index (χ1v) is 7.55. The normalized spacial score (nSPS) is 24.9. The number of rotatable bonds is 4. The number of hydrogen-bond donors (Lipinski definition) is 2. The molecular weight excluding hydrogens is 353 g/mol. The monoisotopic (exact) mass is 381 g/mol. The minimum Gasteiger partial charge on any atom is -0.376 e. The first-order chi connectivity index (χ1) is 8.88. The van der Waals surface area contributed by atoms with E-state index in [0.717, 1.165) is 32.1 Å². The van der Waals surface area contributed by atoms with E-state index in [1.54, 1.807) is 0 Å². The second-order valence-electron chi connectivity index (χ2n) is 5.33. The minimum atomic E-state index is 0. The second-order valence-corrected chi connectivity index (χ2v) is 5.33. The smallest absolute Gasteiger partial charge is 0.191 e. The number of nitrogens with zero attached hydrogens (tertiary/aromatic N) is 1. The van der Waals surface area contributed by atoms with Crippen LogP contribution in [0.15, 0.2) is 4.99 Å². The van der Waals surface area contributed by atoms with Crippen LogP contribution < -0.4 is 10.6 Å². The van der Waals surface area contributed by atoms with Gasteiger partial charge in [-0.3, -0.25) is 4.99 Å².